The van der Waals surface area contributed by atoms with Crippen LogP contribution in [0, 0.1) is 5.92 Å². The molecule has 1 saturated carbocycles. The summed E-state index contributed by atoms with van der Waals surface area (Å²) < 4.78 is 22.6. The summed E-state index contributed by atoms with van der Waals surface area (Å²) in [5, 5.41) is 2.67. The van der Waals surface area contributed by atoms with Crippen molar-refractivity contribution in [2.45, 2.75) is 17.7 Å². The maximum atomic E-state index is 11.9. The van der Waals surface area contributed by atoms with Gasteiger partial charge in [-0.2, -0.15) is 0 Å². The molecule has 2 rings (SSSR count). The Bertz CT molecular complexity index is 626. The number of hydrogen-bond donors (Lipinski definition) is 1. The fourth-order valence-electron chi connectivity index (χ4n) is 1.54. The number of carbonyl (C=O) groups excluding carboxylic acids is 1. The zero-order valence-corrected chi connectivity index (χ0v) is 12.7. The van der Waals surface area contributed by atoms with E-state index in [1.54, 1.807) is 0 Å². The van der Waals surface area contributed by atoms with E-state index in [0.29, 0.717) is 12.5 Å². The Balaban J connectivity index is 2.30. The zero-order valence-electron chi connectivity index (χ0n) is 9.62. The van der Waals surface area contributed by atoms with E-state index in [9.17, 15) is 13.2 Å². The molecule has 4 nitrogen and oxygen atoms in total. The van der Waals surface area contributed by atoms with Crippen LogP contribution in [0.25, 0.3) is 0 Å². The lowest BCUT2D eigenvalue weighted by Crippen LogP contribution is -2.26. The molecule has 1 aliphatic carbocycles. The van der Waals surface area contributed by atoms with E-state index in [-0.39, 0.29) is 20.5 Å². The summed E-state index contributed by atoms with van der Waals surface area (Å²) >= 11 is 11.6. The first kappa shape index (κ1) is 14.9. The Morgan fingerprint density at radius 2 is 1.89 bits per heavy atom. The van der Waals surface area contributed by atoms with E-state index >= 15 is 0 Å². The maximum absolute atomic E-state index is 11.9. The van der Waals surface area contributed by atoms with Gasteiger partial charge in [0.05, 0.1) is 15.6 Å². The molecule has 0 spiro atoms. The van der Waals surface area contributed by atoms with E-state index in [1.807, 2.05) is 0 Å². The Labute approximate surface area is 125 Å². The second kappa shape index (κ2) is 5.48. The van der Waals surface area contributed by atoms with Crippen molar-refractivity contribution in [2.24, 2.45) is 5.92 Å². The van der Waals surface area contributed by atoms with E-state index in [4.69, 9.17) is 33.9 Å². The molecular formula is C11H10Cl3NO3S. The highest BCUT2D eigenvalue weighted by Gasteiger charge is 2.24. The third-order valence-corrected chi connectivity index (χ3v) is 4.88. The van der Waals surface area contributed by atoms with Crippen LogP contribution in [0.4, 0.5) is 0 Å². The predicted octanol–water partition coefficient (Wildman–Crippen LogP) is 3.06. The molecule has 0 atom stereocenters. The van der Waals surface area contributed by atoms with Crippen LogP contribution in [0.15, 0.2) is 17.0 Å². The van der Waals surface area contributed by atoms with E-state index in [1.165, 1.54) is 6.07 Å². The van der Waals surface area contributed by atoms with Crippen LogP contribution in [0.1, 0.15) is 23.2 Å². The minimum atomic E-state index is -4.02. The first-order valence-corrected chi connectivity index (χ1v) is 8.57. The second-order valence-electron chi connectivity index (χ2n) is 4.35. The van der Waals surface area contributed by atoms with Gasteiger partial charge >= 0.3 is 0 Å². The molecule has 1 amide bonds. The molecule has 0 unspecified atom stereocenters. The Morgan fingerprint density at radius 1 is 1.26 bits per heavy atom. The molecule has 0 aliphatic heterocycles. The molecule has 1 fully saturated rings. The smallest absolute Gasteiger partial charge is 0.262 e. The summed E-state index contributed by atoms with van der Waals surface area (Å²) in [6, 6.07) is 2.29. The minimum Gasteiger partial charge on any atom is -0.352 e. The van der Waals surface area contributed by atoms with Crippen LogP contribution in [-0.2, 0) is 9.05 Å². The Kier molecular flexibility index (Phi) is 4.30. The normalized spacial score (nSPS) is 15.3. The average Bonchev–Trinajstić information content (AvgIpc) is 3.07. The fourth-order valence-corrected chi connectivity index (χ4v) is 3.37. The quantitative estimate of drug-likeness (QED) is 0.855. The van der Waals surface area contributed by atoms with Crippen LogP contribution in [0.5, 0.6) is 0 Å². The van der Waals surface area contributed by atoms with Gasteiger partial charge in [-0.05, 0) is 30.9 Å². The highest BCUT2D eigenvalue weighted by Crippen LogP contribution is 2.31. The summed E-state index contributed by atoms with van der Waals surface area (Å²) in [7, 11) is 1.22. The minimum absolute atomic E-state index is 0.0472. The van der Waals surface area contributed by atoms with Gasteiger partial charge < -0.3 is 5.32 Å². The lowest BCUT2D eigenvalue weighted by atomic mass is 10.2. The molecule has 0 bridgehead atoms. The van der Waals surface area contributed by atoms with Crippen LogP contribution >= 0.6 is 33.9 Å². The zero-order chi connectivity index (χ0) is 14.2. The summed E-state index contributed by atoms with van der Waals surface area (Å²) in [4.78, 5) is 11.6. The van der Waals surface area contributed by atoms with Crippen LogP contribution in [0.2, 0.25) is 10.0 Å². The molecule has 1 N–H and O–H groups in total. The van der Waals surface area contributed by atoms with Gasteiger partial charge in [-0.1, -0.05) is 23.2 Å². The molecule has 8 heteroatoms. The third kappa shape index (κ3) is 3.75. The highest BCUT2D eigenvalue weighted by atomic mass is 35.7. The number of halogens is 3. The highest BCUT2D eigenvalue weighted by molar-refractivity contribution is 8.13. The summed E-state index contributed by atoms with van der Waals surface area (Å²) in [5.74, 6) is 0.0707. The van der Waals surface area contributed by atoms with Crippen molar-refractivity contribution in [1.29, 1.82) is 0 Å². The van der Waals surface area contributed by atoms with Gasteiger partial charge in [0.1, 0.15) is 4.90 Å². The van der Waals surface area contributed by atoms with Gasteiger partial charge in [-0.15, -0.1) is 0 Å². The number of carbonyl (C=O) groups is 1. The molecule has 0 aromatic heterocycles. The van der Waals surface area contributed by atoms with Gasteiger partial charge in [-0.3, -0.25) is 4.79 Å². The molecule has 1 aliphatic rings. The number of rotatable bonds is 4. The van der Waals surface area contributed by atoms with E-state index in [0.717, 1.165) is 18.9 Å². The molecule has 104 valence electrons. The first-order valence-electron chi connectivity index (χ1n) is 5.51. The molecule has 0 heterocycles. The standard InChI is InChI=1S/C11H10Cl3NO3S/c12-8-4-9(13)10(19(14,17)18)3-7(8)11(16)15-5-6-1-2-6/h3-4,6H,1-2,5H2,(H,15,16). The van der Waals surface area contributed by atoms with Crippen LogP contribution in [0.3, 0.4) is 0 Å². The number of hydrogen-bond acceptors (Lipinski definition) is 3. The lowest BCUT2D eigenvalue weighted by molar-refractivity contribution is 0.0952. The van der Waals surface area contributed by atoms with Crippen molar-refractivity contribution in [3.8, 4) is 0 Å². The van der Waals surface area contributed by atoms with Gasteiger partial charge in [0, 0.05) is 17.2 Å². The monoisotopic (exact) mass is 341 g/mol. The van der Waals surface area contributed by atoms with Crippen molar-refractivity contribution < 1.29 is 13.2 Å². The molecule has 1 aromatic rings. The Hall–Kier alpha value is -0.490. The number of nitrogens with one attached hydrogen (secondary N) is 1. The third-order valence-electron chi connectivity index (χ3n) is 2.78. The fraction of sp³-hybridized carbons (Fsp3) is 0.364. The SMILES string of the molecule is O=C(NCC1CC1)c1cc(S(=O)(=O)Cl)c(Cl)cc1Cl. The number of benzene rings is 1. The maximum Gasteiger partial charge on any atom is 0.262 e. The van der Waals surface area contributed by atoms with Crippen molar-refractivity contribution >= 4 is 48.8 Å². The Morgan fingerprint density at radius 3 is 2.42 bits per heavy atom. The van der Waals surface area contributed by atoms with Crippen molar-refractivity contribution in [2.75, 3.05) is 6.54 Å². The second-order valence-corrected chi connectivity index (χ2v) is 7.70. The van der Waals surface area contributed by atoms with Gasteiger partial charge in [-0.25, -0.2) is 8.42 Å². The van der Waals surface area contributed by atoms with Crippen molar-refractivity contribution in [3.63, 3.8) is 0 Å². The molecule has 0 saturated heterocycles. The van der Waals surface area contributed by atoms with Crippen LogP contribution in [-0.4, -0.2) is 20.9 Å². The van der Waals surface area contributed by atoms with E-state index < -0.39 is 15.0 Å². The largest absolute Gasteiger partial charge is 0.352 e. The van der Waals surface area contributed by atoms with Gasteiger partial charge in [0.25, 0.3) is 15.0 Å². The molecule has 0 radical (unpaired) electrons. The molecule has 19 heavy (non-hydrogen) atoms. The topological polar surface area (TPSA) is 63.2 Å². The van der Waals surface area contributed by atoms with Crippen LogP contribution < -0.4 is 5.32 Å². The van der Waals surface area contributed by atoms with Crippen molar-refractivity contribution in [1.82, 2.24) is 5.32 Å². The van der Waals surface area contributed by atoms with Gasteiger partial charge in [0.15, 0.2) is 0 Å². The number of amides is 1. The van der Waals surface area contributed by atoms with Crippen molar-refractivity contribution in [3.05, 3.63) is 27.7 Å². The predicted molar refractivity (Wildman–Crippen MR) is 74.6 cm³/mol. The average molecular weight is 343 g/mol. The molecule has 1 aromatic carbocycles. The summed E-state index contributed by atoms with van der Waals surface area (Å²) in [5.41, 5.74) is 0.0472. The lowest BCUT2D eigenvalue weighted by Gasteiger charge is -2.08. The summed E-state index contributed by atoms with van der Waals surface area (Å²) in [6.07, 6.45) is 2.19. The van der Waals surface area contributed by atoms with E-state index in [2.05, 4.69) is 5.32 Å². The molecular weight excluding hydrogens is 333 g/mol. The summed E-state index contributed by atoms with van der Waals surface area (Å²) in [6.45, 7) is 0.556. The van der Waals surface area contributed by atoms with Gasteiger partial charge in [0.2, 0.25) is 0 Å². The first-order chi connectivity index (χ1) is 8.79.